The van der Waals surface area contributed by atoms with Gasteiger partial charge in [0.15, 0.2) is 23.7 Å². The van der Waals surface area contributed by atoms with Gasteiger partial charge in [0.25, 0.3) is 5.91 Å². The molecule has 5 aliphatic rings. The molecule has 2 fully saturated rings. The Labute approximate surface area is 267 Å². The van der Waals surface area contributed by atoms with Gasteiger partial charge >= 0.3 is 5.97 Å². The fraction of sp³-hybridized carbons (Fsp3) is 0.389. The Morgan fingerprint density at radius 2 is 1.67 bits per heavy atom. The molecule has 8 rings (SSSR count). The van der Waals surface area contributed by atoms with E-state index in [1.807, 2.05) is 36.4 Å². The van der Waals surface area contributed by atoms with Gasteiger partial charge in [-0.15, -0.1) is 0 Å². The first-order chi connectivity index (χ1) is 22.5. The Kier molecular flexibility index (Phi) is 7.23. The molecule has 0 N–H and O–H groups in total. The molecule has 46 heavy (non-hydrogen) atoms. The molecule has 10 heteroatoms. The molecular weight excluding hydrogens is 588 g/mol. The Morgan fingerprint density at radius 1 is 0.935 bits per heavy atom. The first kappa shape index (κ1) is 29.1. The van der Waals surface area contributed by atoms with Gasteiger partial charge in [-0.1, -0.05) is 48.5 Å². The van der Waals surface area contributed by atoms with Crippen LogP contribution in [0.4, 0.5) is 0 Å². The van der Waals surface area contributed by atoms with Crippen LogP contribution in [0.1, 0.15) is 51.8 Å². The molecule has 6 atom stereocenters. The number of methoxy groups -OCH3 is 2. The third-order valence-electron chi connectivity index (χ3n) is 10.1. The molecule has 4 heterocycles. The molecule has 1 aliphatic carbocycles. The zero-order valence-electron chi connectivity index (χ0n) is 25.8. The number of carbonyl (C=O) groups excluding carboxylic acids is 2. The second kappa shape index (κ2) is 11.5. The molecule has 0 saturated carbocycles. The lowest BCUT2D eigenvalue weighted by Gasteiger charge is -2.39. The van der Waals surface area contributed by atoms with Crippen LogP contribution >= 0.6 is 0 Å². The van der Waals surface area contributed by atoms with Crippen LogP contribution < -0.4 is 9.47 Å². The second-order valence-electron chi connectivity index (χ2n) is 12.4. The SMILES string of the molecule is COC1=C[C@]23CCCN2CCc2cc4c(cc2[C@@H]3C1OC(=O)C1OC(OC)N(C(=O)c2ccccc2)C1c1ccccc1)OCO4. The van der Waals surface area contributed by atoms with E-state index in [1.54, 1.807) is 31.4 Å². The van der Waals surface area contributed by atoms with Crippen LogP contribution in [0.2, 0.25) is 0 Å². The standard InChI is InChI=1S/C36H36N2O8/c1-41-28-20-36-15-9-16-37(36)17-14-24-18-26-27(44-21-43-26)19-25(24)29(36)31(28)45-34(40)32-30(22-10-5-3-6-11-22)38(35(42-2)46-32)33(39)23-12-7-4-8-13-23/h3-8,10-13,18-20,29-32,35H,9,14-17,21H2,1-2H3/t29-,30?,31?,32?,35?,36+/m1/s1. The smallest absolute Gasteiger partial charge is 0.338 e. The number of rotatable bonds is 6. The van der Waals surface area contributed by atoms with Gasteiger partial charge in [0.1, 0.15) is 5.76 Å². The Morgan fingerprint density at radius 3 is 2.41 bits per heavy atom. The lowest BCUT2D eigenvalue weighted by molar-refractivity contribution is -0.185. The summed E-state index contributed by atoms with van der Waals surface area (Å²) in [5.41, 5.74) is 3.02. The number of hydrogen-bond donors (Lipinski definition) is 0. The highest BCUT2D eigenvalue weighted by Crippen LogP contribution is 2.56. The third-order valence-corrected chi connectivity index (χ3v) is 10.1. The van der Waals surface area contributed by atoms with E-state index in [-0.39, 0.29) is 24.2 Å². The topological polar surface area (TPSA) is 96.0 Å². The number of nitrogens with zero attached hydrogens (tertiary/aromatic N) is 2. The highest BCUT2D eigenvalue weighted by atomic mass is 16.7. The molecule has 2 saturated heterocycles. The maximum absolute atomic E-state index is 14.5. The zero-order valence-corrected chi connectivity index (χ0v) is 25.8. The van der Waals surface area contributed by atoms with Crippen molar-refractivity contribution >= 4 is 11.9 Å². The average Bonchev–Trinajstić information content (AvgIpc) is 3.87. The van der Waals surface area contributed by atoms with Crippen LogP contribution in [0.25, 0.3) is 0 Å². The summed E-state index contributed by atoms with van der Waals surface area (Å²) in [4.78, 5) is 32.4. The molecule has 4 aliphatic heterocycles. The zero-order chi connectivity index (χ0) is 31.4. The lowest BCUT2D eigenvalue weighted by atomic mass is 9.77. The van der Waals surface area contributed by atoms with E-state index in [1.165, 1.54) is 12.0 Å². The number of fused-ring (bicyclic) bond motifs is 3. The molecular formula is C36H36N2O8. The Bertz CT molecular complexity index is 1680. The maximum atomic E-state index is 14.5. The van der Waals surface area contributed by atoms with Crippen molar-refractivity contribution in [3.63, 3.8) is 0 Å². The van der Waals surface area contributed by atoms with E-state index in [2.05, 4.69) is 23.1 Å². The molecule has 1 spiro atoms. The molecule has 0 bridgehead atoms. The van der Waals surface area contributed by atoms with Crippen molar-refractivity contribution in [1.82, 2.24) is 9.80 Å². The minimum absolute atomic E-state index is 0.179. The first-order valence-corrected chi connectivity index (χ1v) is 15.8. The minimum atomic E-state index is -1.16. The molecule has 0 aromatic heterocycles. The molecule has 1 amide bonds. The molecule has 3 aromatic carbocycles. The summed E-state index contributed by atoms with van der Waals surface area (Å²) in [5, 5.41) is 0. The summed E-state index contributed by atoms with van der Waals surface area (Å²) >= 11 is 0. The van der Waals surface area contributed by atoms with Crippen LogP contribution in [-0.2, 0) is 30.2 Å². The van der Waals surface area contributed by atoms with Crippen molar-refractivity contribution in [2.75, 3.05) is 34.1 Å². The van der Waals surface area contributed by atoms with Crippen molar-refractivity contribution in [3.8, 4) is 11.5 Å². The second-order valence-corrected chi connectivity index (χ2v) is 12.4. The minimum Gasteiger partial charge on any atom is -0.497 e. The number of benzene rings is 3. The van der Waals surface area contributed by atoms with Gasteiger partial charge in [-0.05, 0) is 72.8 Å². The van der Waals surface area contributed by atoms with E-state index < -0.39 is 30.6 Å². The monoisotopic (exact) mass is 624 g/mol. The van der Waals surface area contributed by atoms with E-state index in [0.29, 0.717) is 17.1 Å². The maximum Gasteiger partial charge on any atom is 0.338 e. The lowest BCUT2D eigenvalue weighted by Crippen LogP contribution is -2.48. The number of hydrogen-bond acceptors (Lipinski definition) is 9. The summed E-state index contributed by atoms with van der Waals surface area (Å²) in [5.74, 6) is 0.880. The van der Waals surface area contributed by atoms with Crippen molar-refractivity contribution in [1.29, 1.82) is 0 Å². The van der Waals surface area contributed by atoms with Gasteiger partial charge in [-0.2, -0.15) is 0 Å². The first-order valence-electron chi connectivity index (χ1n) is 15.8. The highest BCUT2D eigenvalue weighted by Gasteiger charge is 2.59. The van der Waals surface area contributed by atoms with E-state index >= 15 is 0 Å². The van der Waals surface area contributed by atoms with Crippen LogP contribution in [-0.4, -0.2) is 79.9 Å². The van der Waals surface area contributed by atoms with E-state index in [4.69, 9.17) is 28.4 Å². The predicted molar refractivity (Wildman–Crippen MR) is 165 cm³/mol. The highest BCUT2D eigenvalue weighted by molar-refractivity contribution is 5.95. The number of esters is 1. The van der Waals surface area contributed by atoms with Crippen LogP contribution in [0.3, 0.4) is 0 Å². The van der Waals surface area contributed by atoms with Gasteiger partial charge in [-0.25, -0.2) is 4.79 Å². The van der Waals surface area contributed by atoms with Gasteiger partial charge in [0.05, 0.1) is 24.6 Å². The average molecular weight is 625 g/mol. The molecule has 4 unspecified atom stereocenters. The summed E-state index contributed by atoms with van der Waals surface area (Å²) in [6, 6.07) is 21.6. The van der Waals surface area contributed by atoms with Crippen LogP contribution in [0, 0.1) is 0 Å². The number of ether oxygens (including phenoxy) is 6. The predicted octanol–water partition coefficient (Wildman–Crippen LogP) is 4.56. The fourth-order valence-electron chi connectivity index (χ4n) is 8.12. The number of carbonyl (C=O) groups is 2. The fourth-order valence-corrected chi connectivity index (χ4v) is 8.12. The quantitative estimate of drug-likeness (QED) is 0.366. The largest absolute Gasteiger partial charge is 0.497 e. The summed E-state index contributed by atoms with van der Waals surface area (Å²) in [6.07, 6.45) is 1.95. The summed E-state index contributed by atoms with van der Waals surface area (Å²) < 4.78 is 36.0. The van der Waals surface area contributed by atoms with Crippen molar-refractivity contribution in [2.24, 2.45) is 0 Å². The van der Waals surface area contributed by atoms with Crippen molar-refractivity contribution in [3.05, 3.63) is 107 Å². The molecule has 10 nitrogen and oxygen atoms in total. The Balaban J connectivity index is 1.18. The summed E-state index contributed by atoms with van der Waals surface area (Å²) in [7, 11) is 3.08. The molecule has 3 aromatic rings. The van der Waals surface area contributed by atoms with Crippen LogP contribution in [0.5, 0.6) is 11.5 Å². The van der Waals surface area contributed by atoms with Gasteiger partial charge in [0.2, 0.25) is 13.2 Å². The van der Waals surface area contributed by atoms with Gasteiger partial charge in [0, 0.05) is 19.2 Å². The van der Waals surface area contributed by atoms with E-state index in [0.717, 1.165) is 54.8 Å². The molecule has 0 radical (unpaired) electrons. The molecule has 238 valence electrons. The van der Waals surface area contributed by atoms with Gasteiger partial charge in [-0.3, -0.25) is 14.6 Å². The van der Waals surface area contributed by atoms with Crippen LogP contribution in [0.15, 0.2) is 84.6 Å². The Hall–Kier alpha value is -4.38. The van der Waals surface area contributed by atoms with Crippen molar-refractivity contribution in [2.45, 2.75) is 55.4 Å². The van der Waals surface area contributed by atoms with Gasteiger partial charge < -0.3 is 28.4 Å². The van der Waals surface area contributed by atoms with Crippen molar-refractivity contribution < 1.29 is 38.0 Å². The van der Waals surface area contributed by atoms with E-state index in [9.17, 15) is 9.59 Å². The number of amides is 1. The summed E-state index contributed by atoms with van der Waals surface area (Å²) in [6.45, 7) is 1.99. The normalized spacial score (nSPS) is 29.4. The third kappa shape index (κ3) is 4.50.